The molecule has 3 nitrogen and oxygen atoms in total. The Bertz CT molecular complexity index is 219. The molecule has 0 aromatic carbocycles. The average molecular weight is 209 g/mol. The molecule has 0 bridgehead atoms. The van der Waals surface area contributed by atoms with Gasteiger partial charge in [-0.25, -0.2) is 0 Å². The van der Waals surface area contributed by atoms with Gasteiger partial charge >= 0.3 is 0 Å². The number of nitrogens with zero attached hydrogens (tertiary/aromatic N) is 2. The zero-order chi connectivity index (χ0) is 11.3. The van der Waals surface area contributed by atoms with Crippen molar-refractivity contribution in [3.63, 3.8) is 0 Å². The van der Waals surface area contributed by atoms with Crippen LogP contribution in [0.15, 0.2) is 0 Å². The van der Waals surface area contributed by atoms with Crippen molar-refractivity contribution in [2.45, 2.75) is 25.4 Å². The Morgan fingerprint density at radius 2 is 2.33 bits per heavy atom. The fourth-order valence-corrected chi connectivity index (χ4v) is 2.07. The molecule has 0 amide bonds. The lowest BCUT2D eigenvalue weighted by Gasteiger charge is -2.25. The van der Waals surface area contributed by atoms with Crippen molar-refractivity contribution in [3.8, 4) is 12.3 Å². The van der Waals surface area contributed by atoms with E-state index in [4.69, 9.17) is 6.42 Å². The molecular formula is C12H23N3. The maximum absolute atomic E-state index is 5.20. The van der Waals surface area contributed by atoms with Gasteiger partial charge in [-0.1, -0.05) is 5.92 Å². The maximum atomic E-state index is 5.20. The summed E-state index contributed by atoms with van der Waals surface area (Å²) in [6.07, 6.45) is 6.48. The SMILES string of the molecule is C#CCNCC(C)N1CCC(N(C)C)C1. The first-order chi connectivity index (χ1) is 7.15. The van der Waals surface area contributed by atoms with Crippen molar-refractivity contribution >= 4 is 0 Å². The molecule has 1 rings (SSSR count). The normalized spacial score (nSPS) is 24.3. The minimum absolute atomic E-state index is 0.586. The van der Waals surface area contributed by atoms with Crippen LogP contribution in [0.4, 0.5) is 0 Å². The summed E-state index contributed by atoms with van der Waals surface area (Å²) >= 11 is 0. The van der Waals surface area contributed by atoms with Crippen molar-refractivity contribution in [2.75, 3.05) is 40.3 Å². The summed E-state index contributed by atoms with van der Waals surface area (Å²) < 4.78 is 0. The van der Waals surface area contributed by atoms with Gasteiger partial charge in [0.2, 0.25) is 0 Å². The van der Waals surface area contributed by atoms with Crippen molar-refractivity contribution in [1.82, 2.24) is 15.1 Å². The number of hydrogen-bond donors (Lipinski definition) is 1. The minimum atomic E-state index is 0.586. The summed E-state index contributed by atoms with van der Waals surface area (Å²) in [5.74, 6) is 2.60. The van der Waals surface area contributed by atoms with E-state index in [-0.39, 0.29) is 0 Å². The molecule has 3 heteroatoms. The number of likely N-dealkylation sites (N-methyl/N-ethyl adjacent to an activating group) is 1. The van der Waals surface area contributed by atoms with Crippen LogP contribution in [0.3, 0.4) is 0 Å². The van der Waals surface area contributed by atoms with Crippen LogP contribution in [-0.2, 0) is 0 Å². The molecule has 1 fully saturated rings. The molecule has 1 N–H and O–H groups in total. The lowest BCUT2D eigenvalue weighted by Crippen LogP contribution is -2.41. The van der Waals surface area contributed by atoms with E-state index in [1.807, 2.05) is 0 Å². The van der Waals surface area contributed by atoms with E-state index in [0.717, 1.165) is 12.6 Å². The topological polar surface area (TPSA) is 18.5 Å². The highest BCUT2D eigenvalue weighted by Gasteiger charge is 2.26. The number of nitrogens with one attached hydrogen (secondary N) is 1. The largest absolute Gasteiger partial charge is 0.305 e. The Hall–Kier alpha value is -0.560. The Morgan fingerprint density at radius 3 is 2.87 bits per heavy atom. The number of rotatable bonds is 5. The van der Waals surface area contributed by atoms with Gasteiger partial charge in [0, 0.05) is 31.7 Å². The van der Waals surface area contributed by atoms with Crippen LogP contribution in [0.25, 0.3) is 0 Å². The summed E-state index contributed by atoms with van der Waals surface area (Å²) in [5.41, 5.74) is 0. The van der Waals surface area contributed by atoms with E-state index < -0.39 is 0 Å². The highest BCUT2D eigenvalue weighted by Crippen LogP contribution is 2.15. The molecule has 0 aromatic heterocycles. The van der Waals surface area contributed by atoms with E-state index in [0.29, 0.717) is 12.6 Å². The van der Waals surface area contributed by atoms with Gasteiger partial charge < -0.3 is 10.2 Å². The van der Waals surface area contributed by atoms with Gasteiger partial charge in [0.1, 0.15) is 0 Å². The van der Waals surface area contributed by atoms with Gasteiger partial charge in [-0.05, 0) is 27.4 Å². The standard InChI is InChI=1S/C12H23N3/c1-5-7-13-9-11(2)15-8-6-12(10-15)14(3)4/h1,11-13H,6-10H2,2-4H3. The van der Waals surface area contributed by atoms with Gasteiger partial charge in [-0.2, -0.15) is 0 Å². The zero-order valence-electron chi connectivity index (χ0n) is 10.2. The molecule has 86 valence electrons. The fourth-order valence-electron chi connectivity index (χ4n) is 2.07. The first kappa shape index (κ1) is 12.5. The lowest BCUT2D eigenvalue weighted by atomic mass is 10.2. The highest BCUT2D eigenvalue weighted by molar-refractivity contribution is 4.88. The first-order valence-corrected chi connectivity index (χ1v) is 5.69. The minimum Gasteiger partial charge on any atom is -0.305 e. The lowest BCUT2D eigenvalue weighted by molar-refractivity contribution is 0.223. The Labute approximate surface area is 93.8 Å². The first-order valence-electron chi connectivity index (χ1n) is 5.69. The molecule has 1 aliphatic rings. The number of terminal acetylenes is 1. The summed E-state index contributed by atoms with van der Waals surface area (Å²) in [7, 11) is 4.32. The fraction of sp³-hybridized carbons (Fsp3) is 0.833. The van der Waals surface area contributed by atoms with E-state index >= 15 is 0 Å². The second-order valence-corrected chi connectivity index (χ2v) is 4.59. The maximum Gasteiger partial charge on any atom is 0.0574 e. The quantitative estimate of drug-likeness (QED) is 0.517. The molecule has 0 saturated carbocycles. The number of hydrogen-bond acceptors (Lipinski definition) is 3. The Balaban J connectivity index is 2.24. The summed E-state index contributed by atoms with van der Waals surface area (Å²) in [4.78, 5) is 4.86. The van der Waals surface area contributed by atoms with Gasteiger partial charge in [-0.3, -0.25) is 4.90 Å². The average Bonchev–Trinajstić information content (AvgIpc) is 2.66. The van der Waals surface area contributed by atoms with Crippen LogP contribution in [0.5, 0.6) is 0 Å². The van der Waals surface area contributed by atoms with E-state index in [2.05, 4.69) is 42.1 Å². The zero-order valence-corrected chi connectivity index (χ0v) is 10.2. The number of likely N-dealkylation sites (tertiary alicyclic amines) is 1. The van der Waals surface area contributed by atoms with Crippen molar-refractivity contribution in [2.24, 2.45) is 0 Å². The molecule has 1 heterocycles. The predicted molar refractivity (Wildman–Crippen MR) is 64.8 cm³/mol. The molecule has 1 aliphatic heterocycles. The molecule has 0 aliphatic carbocycles. The van der Waals surface area contributed by atoms with Crippen LogP contribution in [0.2, 0.25) is 0 Å². The summed E-state index contributed by atoms with van der Waals surface area (Å²) in [6, 6.07) is 1.31. The summed E-state index contributed by atoms with van der Waals surface area (Å²) in [6.45, 7) is 6.33. The van der Waals surface area contributed by atoms with E-state index in [9.17, 15) is 0 Å². The van der Waals surface area contributed by atoms with Crippen LogP contribution in [-0.4, -0.2) is 62.2 Å². The highest BCUT2D eigenvalue weighted by atomic mass is 15.3. The molecule has 2 atom stereocenters. The van der Waals surface area contributed by atoms with Crippen LogP contribution < -0.4 is 5.32 Å². The Morgan fingerprint density at radius 1 is 1.60 bits per heavy atom. The van der Waals surface area contributed by atoms with E-state index in [1.54, 1.807) is 0 Å². The monoisotopic (exact) mass is 209 g/mol. The van der Waals surface area contributed by atoms with E-state index in [1.165, 1.54) is 19.5 Å². The molecule has 1 saturated heterocycles. The molecule has 15 heavy (non-hydrogen) atoms. The molecule has 2 unspecified atom stereocenters. The van der Waals surface area contributed by atoms with Gasteiger partial charge in [0.25, 0.3) is 0 Å². The van der Waals surface area contributed by atoms with Crippen LogP contribution in [0, 0.1) is 12.3 Å². The van der Waals surface area contributed by atoms with Crippen molar-refractivity contribution in [3.05, 3.63) is 0 Å². The molecule has 0 spiro atoms. The molecule has 0 radical (unpaired) electrons. The predicted octanol–water partition coefficient (Wildman–Crippen LogP) is 0.234. The smallest absolute Gasteiger partial charge is 0.0574 e. The molecule has 0 aromatic rings. The van der Waals surface area contributed by atoms with Crippen molar-refractivity contribution in [1.29, 1.82) is 0 Å². The van der Waals surface area contributed by atoms with Crippen molar-refractivity contribution < 1.29 is 0 Å². The van der Waals surface area contributed by atoms with Gasteiger partial charge in [0.05, 0.1) is 6.54 Å². The van der Waals surface area contributed by atoms with Gasteiger partial charge in [-0.15, -0.1) is 6.42 Å². The third-order valence-electron chi connectivity index (χ3n) is 3.22. The summed E-state index contributed by atoms with van der Waals surface area (Å²) in [5, 5.41) is 3.26. The molecular weight excluding hydrogens is 186 g/mol. The third-order valence-corrected chi connectivity index (χ3v) is 3.22. The van der Waals surface area contributed by atoms with Gasteiger partial charge in [0.15, 0.2) is 0 Å². The third kappa shape index (κ3) is 3.83. The van der Waals surface area contributed by atoms with Crippen LogP contribution in [0.1, 0.15) is 13.3 Å². The Kier molecular flexibility index (Phi) is 5.10. The second kappa shape index (κ2) is 6.12. The van der Waals surface area contributed by atoms with Crippen LogP contribution >= 0.6 is 0 Å². The second-order valence-electron chi connectivity index (χ2n) is 4.59.